The molecule has 2 saturated carbocycles. The van der Waals surface area contributed by atoms with E-state index in [0.29, 0.717) is 133 Å². The number of nitrogens with zero attached hydrogens (tertiary/aromatic N) is 2. The molecule has 0 saturated heterocycles. The third kappa shape index (κ3) is 18.5. The minimum atomic E-state index is -0.276. The molecule has 8 N–H and O–H groups in total. The monoisotopic (exact) mass is 1150 g/mol. The zero-order chi connectivity index (χ0) is 55.2. The summed E-state index contributed by atoms with van der Waals surface area (Å²) in [5, 5.41) is 41.4. The standard InChI is InChI=1S/2C29H38Cl2N4O4/c2*30-23-8-6-20(18-24(23)31)10-13-32-15-12-27(38)35(22-4-2-1-3-5-22)17-16-33-14-11-21-7-9-25(36)28-29(21)39-19-26(37)34-28/h2*6-9,18,22,32-33,36H,1-5,10-17,19H2,(H,34,37). The molecule has 8 rings (SSSR count). The van der Waals surface area contributed by atoms with Crippen molar-refractivity contribution in [1.82, 2.24) is 31.1 Å². The summed E-state index contributed by atoms with van der Waals surface area (Å²) in [6, 6.07) is 18.7. The molecule has 424 valence electrons. The van der Waals surface area contributed by atoms with Crippen LogP contribution in [0.15, 0.2) is 60.7 Å². The number of amides is 4. The van der Waals surface area contributed by atoms with Crippen LogP contribution in [-0.4, -0.2) is 134 Å². The number of nitrogens with one attached hydrogen (secondary N) is 6. The molecular formula is C58H76Cl4N8O8. The second-order valence-electron chi connectivity index (χ2n) is 20.3. The Morgan fingerprint density at radius 2 is 0.885 bits per heavy atom. The van der Waals surface area contributed by atoms with E-state index in [1.54, 1.807) is 12.1 Å². The van der Waals surface area contributed by atoms with Crippen molar-refractivity contribution in [2.45, 2.75) is 115 Å². The molecular weight excluding hydrogens is 1080 g/mol. The zero-order valence-electron chi connectivity index (χ0n) is 44.5. The molecule has 4 aromatic rings. The predicted molar refractivity (Wildman–Crippen MR) is 310 cm³/mol. The van der Waals surface area contributed by atoms with Crippen LogP contribution in [-0.2, 0) is 44.9 Å². The topological polar surface area (TPSA) is 206 Å². The first-order valence-corrected chi connectivity index (χ1v) is 29.2. The van der Waals surface area contributed by atoms with Gasteiger partial charge in [-0.3, -0.25) is 19.2 Å². The Kier molecular flexibility index (Phi) is 24.6. The van der Waals surface area contributed by atoms with Crippen molar-refractivity contribution < 1.29 is 38.9 Å². The third-order valence-electron chi connectivity index (χ3n) is 14.7. The van der Waals surface area contributed by atoms with Crippen LogP contribution in [0.3, 0.4) is 0 Å². The van der Waals surface area contributed by atoms with Crippen molar-refractivity contribution >= 4 is 81.4 Å². The molecule has 0 bridgehead atoms. The predicted octanol–water partition coefficient (Wildman–Crippen LogP) is 9.09. The molecule has 0 radical (unpaired) electrons. The quantitative estimate of drug-likeness (QED) is 0.0219. The summed E-state index contributed by atoms with van der Waals surface area (Å²) >= 11 is 24.2. The van der Waals surface area contributed by atoms with Gasteiger partial charge in [-0.05, 0) is 136 Å². The van der Waals surface area contributed by atoms with Crippen LogP contribution in [0.25, 0.3) is 0 Å². The van der Waals surface area contributed by atoms with Crippen molar-refractivity contribution in [3.8, 4) is 23.0 Å². The minimum absolute atomic E-state index is 0.000242. The van der Waals surface area contributed by atoms with Gasteiger partial charge in [0.2, 0.25) is 11.8 Å². The van der Waals surface area contributed by atoms with Gasteiger partial charge in [0, 0.05) is 64.2 Å². The average Bonchev–Trinajstić information content (AvgIpc) is 3.46. The molecule has 16 nitrogen and oxygen atoms in total. The van der Waals surface area contributed by atoms with Crippen LogP contribution in [0, 0.1) is 0 Å². The highest BCUT2D eigenvalue weighted by Crippen LogP contribution is 2.40. The number of carbonyl (C=O) groups excluding carboxylic acids is 4. The van der Waals surface area contributed by atoms with Crippen molar-refractivity contribution in [3.63, 3.8) is 0 Å². The highest BCUT2D eigenvalue weighted by atomic mass is 35.5. The number of aromatic hydroxyl groups is 2. The summed E-state index contributed by atoms with van der Waals surface area (Å²) in [6.45, 7) is 6.83. The van der Waals surface area contributed by atoms with E-state index in [2.05, 4.69) is 41.7 Å². The lowest BCUT2D eigenvalue weighted by Crippen LogP contribution is -2.45. The molecule has 2 aliphatic heterocycles. The Hall–Kier alpha value is -5.04. The van der Waals surface area contributed by atoms with Gasteiger partial charge in [-0.1, -0.05) is 109 Å². The molecule has 0 atom stereocenters. The molecule has 0 spiro atoms. The smallest absolute Gasteiger partial charge is 0.262 e. The van der Waals surface area contributed by atoms with Crippen LogP contribution in [0.5, 0.6) is 23.0 Å². The summed E-state index contributed by atoms with van der Waals surface area (Å²) in [6.07, 6.45) is 15.4. The third-order valence-corrected chi connectivity index (χ3v) is 16.2. The Bertz CT molecular complexity index is 2460. The van der Waals surface area contributed by atoms with Gasteiger partial charge >= 0.3 is 0 Å². The lowest BCUT2D eigenvalue weighted by molar-refractivity contribution is -0.134. The zero-order valence-corrected chi connectivity index (χ0v) is 47.5. The molecule has 0 aromatic heterocycles. The summed E-state index contributed by atoms with van der Waals surface area (Å²) in [5.41, 5.74) is 4.74. The first-order valence-electron chi connectivity index (χ1n) is 27.7. The molecule has 4 aromatic carbocycles. The SMILES string of the molecule is O=C1COc2c(CCNCCN(C(=O)CCNCCc3ccc(Cl)c(Cl)c3)C3CCCCC3)ccc(O)c2N1.O=C1COc2c(CCNCCN(C(=O)CCNCCc3ccc(Cl)c(Cl)c3)C3CCCCC3)ccc(O)c2N1. The number of anilines is 2. The normalized spacial score (nSPS) is 15.4. The second kappa shape index (κ2) is 31.7. The Morgan fingerprint density at radius 1 is 0.500 bits per heavy atom. The number of halogens is 4. The summed E-state index contributed by atoms with van der Waals surface area (Å²) in [4.78, 5) is 53.8. The second-order valence-corrected chi connectivity index (χ2v) is 22.0. The fraction of sp³-hybridized carbons (Fsp3) is 0.517. The number of carbonyl (C=O) groups is 4. The van der Waals surface area contributed by atoms with Crippen molar-refractivity contribution in [2.24, 2.45) is 0 Å². The van der Waals surface area contributed by atoms with E-state index >= 15 is 0 Å². The van der Waals surface area contributed by atoms with Gasteiger partial charge in [-0.15, -0.1) is 0 Å². The largest absolute Gasteiger partial charge is 0.506 e. The Labute approximate surface area is 478 Å². The molecule has 4 aliphatic rings. The Balaban J connectivity index is 0.000000226. The van der Waals surface area contributed by atoms with Gasteiger partial charge < -0.3 is 61.4 Å². The number of fused-ring (bicyclic) bond motifs is 2. The average molecular weight is 1160 g/mol. The molecule has 4 amide bonds. The summed E-state index contributed by atoms with van der Waals surface area (Å²) in [7, 11) is 0. The van der Waals surface area contributed by atoms with Gasteiger partial charge in [-0.2, -0.15) is 0 Å². The summed E-state index contributed by atoms with van der Waals surface area (Å²) < 4.78 is 11.1. The molecule has 2 aliphatic carbocycles. The lowest BCUT2D eigenvalue weighted by Gasteiger charge is -2.34. The fourth-order valence-electron chi connectivity index (χ4n) is 10.5. The van der Waals surface area contributed by atoms with E-state index in [1.165, 1.54) is 38.5 Å². The molecule has 20 heteroatoms. The van der Waals surface area contributed by atoms with Crippen molar-refractivity contribution in [1.29, 1.82) is 0 Å². The van der Waals surface area contributed by atoms with Gasteiger partial charge in [0.05, 0.1) is 20.1 Å². The Morgan fingerprint density at radius 3 is 1.28 bits per heavy atom. The van der Waals surface area contributed by atoms with Crippen molar-refractivity contribution in [2.75, 3.05) is 89.3 Å². The van der Waals surface area contributed by atoms with Crippen LogP contribution >= 0.6 is 46.4 Å². The van der Waals surface area contributed by atoms with E-state index in [0.717, 1.165) is 73.9 Å². The van der Waals surface area contributed by atoms with Gasteiger partial charge in [-0.25, -0.2) is 0 Å². The van der Waals surface area contributed by atoms with E-state index in [1.807, 2.05) is 48.5 Å². The van der Waals surface area contributed by atoms with Gasteiger partial charge in [0.25, 0.3) is 11.8 Å². The highest BCUT2D eigenvalue weighted by molar-refractivity contribution is 6.42. The van der Waals surface area contributed by atoms with Crippen LogP contribution in [0.1, 0.15) is 99.3 Å². The number of phenols is 2. The summed E-state index contributed by atoms with van der Waals surface area (Å²) in [5.74, 6) is 0.902. The maximum absolute atomic E-state index is 13.2. The van der Waals surface area contributed by atoms with Crippen LogP contribution in [0.2, 0.25) is 20.1 Å². The minimum Gasteiger partial charge on any atom is -0.506 e. The maximum atomic E-state index is 13.2. The molecule has 2 fully saturated rings. The number of phenolic OH excluding ortho intramolecular Hbond substituents is 2. The highest BCUT2D eigenvalue weighted by Gasteiger charge is 2.28. The van der Waals surface area contributed by atoms with Crippen LogP contribution < -0.4 is 41.4 Å². The number of rotatable bonds is 26. The molecule has 2 heterocycles. The van der Waals surface area contributed by atoms with E-state index in [4.69, 9.17) is 55.9 Å². The number of hydrogen-bond acceptors (Lipinski definition) is 12. The van der Waals surface area contributed by atoms with E-state index in [-0.39, 0.29) is 48.3 Å². The number of hydrogen-bond donors (Lipinski definition) is 8. The number of benzene rings is 4. The van der Waals surface area contributed by atoms with Gasteiger partial charge in [0.15, 0.2) is 24.7 Å². The van der Waals surface area contributed by atoms with E-state index in [9.17, 15) is 29.4 Å². The molecule has 78 heavy (non-hydrogen) atoms. The lowest BCUT2D eigenvalue weighted by atomic mass is 9.94. The van der Waals surface area contributed by atoms with Crippen molar-refractivity contribution in [3.05, 3.63) is 103 Å². The van der Waals surface area contributed by atoms with E-state index < -0.39 is 0 Å². The fourth-order valence-corrected chi connectivity index (χ4v) is 11.1. The first-order chi connectivity index (χ1) is 37.8. The van der Waals surface area contributed by atoms with Crippen LogP contribution in [0.4, 0.5) is 11.4 Å². The molecule has 0 unspecified atom stereocenters. The maximum Gasteiger partial charge on any atom is 0.262 e. The van der Waals surface area contributed by atoms with Gasteiger partial charge in [0.1, 0.15) is 22.9 Å². The number of ether oxygens (including phenoxy) is 2. The first kappa shape index (κ1) is 60.6.